The predicted molar refractivity (Wildman–Crippen MR) is 77.3 cm³/mol. The summed E-state index contributed by atoms with van der Waals surface area (Å²) in [7, 11) is 1.80. The monoisotopic (exact) mass is 269 g/mol. The topological polar surface area (TPSA) is 53.0 Å². The molecule has 4 nitrogen and oxygen atoms in total. The zero-order chi connectivity index (χ0) is 12.6. The first-order valence-electron chi connectivity index (χ1n) is 5.83. The maximum absolute atomic E-state index is 12.1. The van der Waals surface area contributed by atoms with E-state index in [0.29, 0.717) is 6.54 Å². The molecule has 0 bridgehead atoms. The normalized spacial score (nSPS) is 11.6. The summed E-state index contributed by atoms with van der Waals surface area (Å²) in [4.78, 5) is 12.1. The van der Waals surface area contributed by atoms with E-state index in [1.165, 1.54) is 0 Å². The Balaban J connectivity index is 0.00000162. The van der Waals surface area contributed by atoms with Crippen LogP contribution in [0.4, 0.5) is 0 Å². The summed E-state index contributed by atoms with van der Waals surface area (Å²) in [5.41, 5.74) is 7.67. The summed E-state index contributed by atoms with van der Waals surface area (Å²) < 4.78 is 3.47. The van der Waals surface area contributed by atoms with Gasteiger partial charge in [-0.1, -0.05) is 12.1 Å². The molecule has 2 N–H and O–H groups in total. The van der Waals surface area contributed by atoms with Gasteiger partial charge in [0.1, 0.15) is 0 Å². The van der Waals surface area contributed by atoms with E-state index in [1.807, 2.05) is 38.1 Å². The number of hydrogen-bond acceptors (Lipinski definition) is 2. The third-order valence-corrected chi connectivity index (χ3v) is 3.03. The van der Waals surface area contributed by atoms with Gasteiger partial charge in [-0.2, -0.15) is 0 Å². The quantitative estimate of drug-likeness (QED) is 0.925. The summed E-state index contributed by atoms with van der Waals surface area (Å²) in [6, 6.07) is 7.83. The van der Waals surface area contributed by atoms with Crippen LogP contribution in [-0.4, -0.2) is 14.7 Å². The van der Waals surface area contributed by atoms with Crippen LogP contribution < -0.4 is 11.4 Å². The molecule has 0 amide bonds. The predicted octanol–water partition coefficient (Wildman–Crippen LogP) is 1.89. The van der Waals surface area contributed by atoms with Crippen molar-refractivity contribution >= 4 is 23.4 Å². The summed E-state index contributed by atoms with van der Waals surface area (Å²) in [6.45, 7) is 4.61. The van der Waals surface area contributed by atoms with Crippen molar-refractivity contribution in [3.63, 3.8) is 0 Å². The van der Waals surface area contributed by atoms with Crippen LogP contribution in [0.2, 0.25) is 0 Å². The van der Waals surface area contributed by atoms with Crippen LogP contribution in [-0.2, 0) is 13.6 Å². The second-order valence-electron chi connectivity index (χ2n) is 5.22. The van der Waals surface area contributed by atoms with Crippen LogP contribution in [0.15, 0.2) is 29.1 Å². The number of nitrogens with two attached hydrogens (primary N) is 1. The van der Waals surface area contributed by atoms with Gasteiger partial charge in [-0.05, 0) is 32.4 Å². The Morgan fingerprint density at radius 2 is 1.78 bits per heavy atom. The molecule has 0 unspecified atom stereocenters. The highest BCUT2D eigenvalue weighted by molar-refractivity contribution is 5.85. The standard InChI is InChI=1S/C13H19N3O.ClH/c1-13(2,14)8-9-16-11-7-5-4-6-10(11)15(3)12(16)17;/h4-7H,8-9,14H2,1-3H3;1H. The molecule has 1 aromatic heterocycles. The molecule has 5 heteroatoms. The van der Waals surface area contributed by atoms with Gasteiger partial charge in [-0.3, -0.25) is 9.13 Å². The molecule has 2 rings (SSSR count). The van der Waals surface area contributed by atoms with E-state index in [0.717, 1.165) is 17.5 Å². The van der Waals surface area contributed by atoms with Crippen molar-refractivity contribution in [2.75, 3.05) is 0 Å². The molecule has 1 heterocycles. The zero-order valence-corrected chi connectivity index (χ0v) is 11.8. The minimum atomic E-state index is -0.254. The van der Waals surface area contributed by atoms with E-state index < -0.39 is 0 Å². The maximum atomic E-state index is 12.1. The van der Waals surface area contributed by atoms with Crippen LogP contribution in [0.1, 0.15) is 20.3 Å². The van der Waals surface area contributed by atoms with Gasteiger partial charge < -0.3 is 5.73 Å². The van der Waals surface area contributed by atoms with Crippen molar-refractivity contribution in [3.05, 3.63) is 34.7 Å². The molecular weight excluding hydrogens is 250 g/mol. The Bertz CT molecular complexity index is 592. The highest BCUT2D eigenvalue weighted by Crippen LogP contribution is 2.13. The van der Waals surface area contributed by atoms with E-state index in [4.69, 9.17) is 5.73 Å². The second kappa shape index (κ2) is 5.16. The molecule has 2 aromatic rings. The molecule has 0 atom stereocenters. The molecule has 18 heavy (non-hydrogen) atoms. The summed E-state index contributed by atoms with van der Waals surface area (Å²) in [6.07, 6.45) is 0.779. The third-order valence-electron chi connectivity index (χ3n) is 3.03. The molecule has 0 saturated heterocycles. The number of benzene rings is 1. The molecule has 1 aromatic carbocycles. The Hall–Kier alpha value is -1.26. The van der Waals surface area contributed by atoms with Gasteiger partial charge in [0.15, 0.2) is 0 Å². The average Bonchev–Trinajstić information content (AvgIpc) is 2.49. The molecule has 0 spiro atoms. The van der Waals surface area contributed by atoms with Gasteiger partial charge in [0.05, 0.1) is 11.0 Å². The molecule has 0 aliphatic carbocycles. The fourth-order valence-corrected chi connectivity index (χ4v) is 1.98. The zero-order valence-electron chi connectivity index (χ0n) is 11.0. The van der Waals surface area contributed by atoms with Gasteiger partial charge in [0.25, 0.3) is 0 Å². The fraction of sp³-hybridized carbons (Fsp3) is 0.462. The number of imidazole rings is 1. The van der Waals surface area contributed by atoms with Gasteiger partial charge in [-0.15, -0.1) is 12.4 Å². The lowest BCUT2D eigenvalue weighted by Crippen LogP contribution is -2.34. The number of halogens is 1. The maximum Gasteiger partial charge on any atom is 0.328 e. The molecule has 0 radical (unpaired) electrons. The highest BCUT2D eigenvalue weighted by atomic mass is 35.5. The Morgan fingerprint density at radius 1 is 1.22 bits per heavy atom. The highest BCUT2D eigenvalue weighted by Gasteiger charge is 2.14. The Morgan fingerprint density at radius 3 is 2.33 bits per heavy atom. The SMILES string of the molecule is Cl.Cn1c(=O)n(CCC(C)(C)N)c2ccccc21. The summed E-state index contributed by atoms with van der Waals surface area (Å²) >= 11 is 0. The first kappa shape index (κ1) is 14.8. The molecule has 100 valence electrons. The van der Waals surface area contributed by atoms with Gasteiger partial charge in [0, 0.05) is 19.1 Å². The molecular formula is C13H20ClN3O. The number of fused-ring (bicyclic) bond motifs is 1. The summed E-state index contributed by atoms with van der Waals surface area (Å²) in [5.74, 6) is 0. The lowest BCUT2D eigenvalue weighted by atomic mass is 10.0. The third kappa shape index (κ3) is 2.76. The van der Waals surface area contributed by atoms with E-state index >= 15 is 0 Å². The minimum absolute atomic E-state index is 0. The largest absolute Gasteiger partial charge is 0.328 e. The Labute approximate surface area is 113 Å². The van der Waals surface area contributed by atoms with Gasteiger partial charge >= 0.3 is 5.69 Å². The van der Waals surface area contributed by atoms with E-state index in [1.54, 1.807) is 16.2 Å². The van der Waals surface area contributed by atoms with Crippen LogP contribution in [0.3, 0.4) is 0 Å². The number of aryl methyl sites for hydroxylation is 2. The first-order valence-corrected chi connectivity index (χ1v) is 5.83. The molecule has 0 aliphatic heterocycles. The number of nitrogens with zero attached hydrogens (tertiary/aromatic N) is 2. The van der Waals surface area contributed by atoms with Crippen LogP contribution >= 0.6 is 12.4 Å². The van der Waals surface area contributed by atoms with Crippen LogP contribution in [0.5, 0.6) is 0 Å². The van der Waals surface area contributed by atoms with Crippen molar-refractivity contribution in [2.24, 2.45) is 12.8 Å². The number of hydrogen-bond donors (Lipinski definition) is 1. The van der Waals surface area contributed by atoms with Crippen molar-refractivity contribution in [2.45, 2.75) is 32.4 Å². The average molecular weight is 270 g/mol. The smallest absolute Gasteiger partial charge is 0.325 e. The van der Waals surface area contributed by atoms with Gasteiger partial charge in [0.2, 0.25) is 0 Å². The van der Waals surface area contributed by atoms with E-state index in [2.05, 4.69) is 0 Å². The number of rotatable bonds is 3. The number of aromatic nitrogens is 2. The van der Waals surface area contributed by atoms with Crippen molar-refractivity contribution in [1.82, 2.24) is 9.13 Å². The van der Waals surface area contributed by atoms with Crippen molar-refractivity contribution < 1.29 is 0 Å². The molecule has 0 aliphatic rings. The van der Waals surface area contributed by atoms with Gasteiger partial charge in [-0.25, -0.2) is 4.79 Å². The first-order chi connectivity index (χ1) is 7.90. The van der Waals surface area contributed by atoms with E-state index in [9.17, 15) is 4.79 Å². The van der Waals surface area contributed by atoms with Crippen molar-refractivity contribution in [3.8, 4) is 0 Å². The molecule has 0 fully saturated rings. The molecule has 0 saturated carbocycles. The summed E-state index contributed by atoms with van der Waals surface area (Å²) in [5, 5.41) is 0. The lowest BCUT2D eigenvalue weighted by Gasteiger charge is -2.18. The fourth-order valence-electron chi connectivity index (χ4n) is 1.98. The lowest BCUT2D eigenvalue weighted by molar-refractivity contribution is 0.434. The Kier molecular flexibility index (Phi) is 4.24. The number of para-hydroxylation sites is 2. The second-order valence-corrected chi connectivity index (χ2v) is 5.22. The van der Waals surface area contributed by atoms with Crippen LogP contribution in [0.25, 0.3) is 11.0 Å². The van der Waals surface area contributed by atoms with Crippen LogP contribution in [0, 0.1) is 0 Å². The van der Waals surface area contributed by atoms with Crippen molar-refractivity contribution in [1.29, 1.82) is 0 Å². The van der Waals surface area contributed by atoms with E-state index in [-0.39, 0.29) is 23.6 Å². The minimum Gasteiger partial charge on any atom is -0.325 e.